The Morgan fingerprint density at radius 2 is 1.65 bits per heavy atom. The smallest absolute Gasteiger partial charge is 0.296 e. The first-order chi connectivity index (χ1) is 12.2. The molecular weight excluding hydrogens is 407 g/mol. The second-order valence-corrected chi connectivity index (χ2v) is 15.0. The van der Waals surface area contributed by atoms with Crippen LogP contribution in [0.25, 0.3) is 0 Å². The van der Waals surface area contributed by atoms with Crippen LogP contribution in [-0.2, 0) is 39.5 Å². The average Bonchev–Trinajstić information content (AvgIpc) is 2.57. The summed E-state index contributed by atoms with van der Waals surface area (Å²) in [6.45, 7) is 4.07. The summed E-state index contributed by atoms with van der Waals surface area (Å²) in [5.41, 5.74) is 0.995. The maximum atomic E-state index is 13.1. The van der Waals surface area contributed by atoms with Gasteiger partial charge in [0.05, 0.1) is 18.6 Å². The van der Waals surface area contributed by atoms with Crippen molar-refractivity contribution in [1.29, 1.82) is 0 Å². The van der Waals surface area contributed by atoms with Crippen molar-refractivity contribution in [1.82, 2.24) is 0 Å². The number of hydrogen-bond acceptors (Lipinski definition) is 5. The Balaban J connectivity index is 2.53. The molecule has 0 N–H and O–H groups in total. The van der Waals surface area contributed by atoms with Gasteiger partial charge in [0.1, 0.15) is 0 Å². The third-order valence-electron chi connectivity index (χ3n) is 4.17. The summed E-state index contributed by atoms with van der Waals surface area (Å²) in [4.78, 5) is 0.165. The molecule has 4 nitrogen and oxygen atoms in total. The van der Waals surface area contributed by atoms with Gasteiger partial charge in [0.2, 0.25) is 0 Å². The quantitative estimate of drug-likeness (QED) is 0.260. The molecular formula is C18H31O4PS3. The molecule has 1 rings (SSSR count). The van der Waals surface area contributed by atoms with Gasteiger partial charge in [-0.15, -0.1) is 9.45 Å². The summed E-state index contributed by atoms with van der Waals surface area (Å²) in [6, 6.07) is 6.59. The van der Waals surface area contributed by atoms with Gasteiger partial charge in [-0.3, -0.25) is 4.18 Å². The van der Waals surface area contributed by atoms with Crippen LogP contribution in [0, 0.1) is 6.92 Å². The van der Waals surface area contributed by atoms with Gasteiger partial charge in [0, 0.05) is 18.5 Å². The summed E-state index contributed by atoms with van der Waals surface area (Å²) >= 11 is 5.21. The van der Waals surface area contributed by atoms with Crippen molar-refractivity contribution in [3.8, 4) is 0 Å². The van der Waals surface area contributed by atoms with Gasteiger partial charge in [0.15, 0.2) is 0 Å². The molecule has 0 amide bonds. The molecule has 0 aliphatic heterocycles. The van der Waals surface area contributed by atoms with E-state index in [2.05, 4.69) is 6.92 Å². The highest BCUT2D eigenvalue weighted by atomic mass is 32.8. The number of hydrogen-bond donors (Lipinski definition) is 0. The Kier molecular flexibility index (Phi) is 10.8. The van der Waals surface area contributed by atoms with Gasteiger partial charge >= 0.3 is 0 Å². The SMILES string of the molecule is CCCCP(=O)(CCCOS(=O)(=O)c1ccc(C)cc1)CCCS(C)=S. The van der Waals surface area contributed by atoms with E-state index in [1.807, 2.05) is 13.2 Å². The highest BCUT2D eigenvalue weighted by Crippen LogP contribution is 2.47. The molecule has 0 saturated heterocycles. The maximum Gasteiger partial charge on any atom is 0.296 e. The van der Waals surface area contributed by atoms with Gasteiger partial charge in [-0.05, 0) is 50.3 Å². The minimum absolute atomic E-state index is 0.0399. The maximum absolute atomic E-state index is 13.1. The Hall–Kier alpha value is -0.0700. The normalized spacial score (nSPS) is 15.5. The zero-order valence-corrected chi connectivity index (χ0v) is 19.3. The van der Waals surface area contributed by atoms with E-state index in [9.17, 15) is 13.0 Å². The van der Waals surface area contributed by atoms with Gasteiger partial charge in [0.25, 0.3) is 10.1 Å². The minimum atomic E-state index is -3.74. The van der Waals surface area contributed by atoms with Crippen molar-refractivity contribution >= 4 is 37.9 Å². The molecule has 0 aliphatic carbocycles. The molecule has 0 radical (unpaired) electrons. The molecule has 150 valence electrons. The summed E-state index contributed by atoms with van der Waals surface area (Å²) in [5, 5.41) is 0. The van der Waals surface area contributed by atoms with E-state index in [1.54, 1.807) is 24.3 Å². The zero-order valence-electron chi connectivity index (χ0n) is 16.0. The number of benzene rings is 1. The van der Waals surface area contributed by atoms with Gasteiger partial charge < -0.3 is 4.57 Å². The topological polar surface area (TPSA) is 60.4 Å². The fourth-order valence-electron chi connectivity index (χ4n) is 2.63. The first-order valence-corrected chi connectivity index (χ1v) is 15.4. The van der Waals surface area contributed by atoms with Crippen molar-refractivity contribution in [2.24, 2.45) is 0 Å². The van der Waals surface area contributed by atoms with Crippen molar-refractivity contribution < 1.29 is 17.2 Å². The highest BCUT2D eigenvalue weighted by molar-refractivity contribution is 8.28. The average molecular weight is 439 g/mol. The number of aryl methyl sites for hydroxylation is 1. The van der Waals surface area contributed by atoms with E-state index >= 15 is 0 Å². The standard InChI is InChI=1S/C18H31O4PS3/c1-4-5-13-23(19,15-7-16-25(3)24)14-6-12-22-26(20,21)18-10-8-17(2)9-11-18/h8-11H,4-7,12-16H2,1-3H3. The van der Waals surface area contributed by atoms with Gasteiger partial charge in [-0.1, -0.05) is 42.2 Å². The van der Waals surface area contributed by atoms with Crippen molar-refractivity contribution in [2.45, 2.75) is 44.4 Å². The van der Waals surface area contributed by atoms with E-state index in [1.165, 1.54) is 0 Å². The molecule has 2 atom stereocenters. The van der Waals surface area contributed by atoms with Crippen molar-refractivity contribution in [3.05, 3.63) is 29.8 Å². The Bertz CT molecular complexity index is 714. The molecule has 1 aromatic carbocycles. The van der Waals surface area contributed by atoms with Crippen LogP contribution in [0.5, 0.6) is 0 Å². The lowest BCUT2D eigenvalue weighted by Crippen LogP contribution is -2.10. The van der Waals surface area contributed by atoms with Crippen LogP contribution in [0.15, 0.2) is 29.2 Å². The van der Waals surface area contributed by atoms with E-state index in [4.69, 9.17) is 15.4 Å². The van der Waals surface area contributed by atoms with Crippen molar-refractivity contribution in [3.63, 3.8) is 0 Å². The third-order valence-corrected chi connectivity index (χ3v) is 10.3. The highest BCUT2D eigenvalue weighted by Gasteiger charge is 2.22. The predicted molar refractivity (Wildman–Crippen MR) is 116 cm³/mol. The van der Waals surface area contributed by atoms with E-state index in [-0.39, 0.29) is 21.0 Å². The van der Waals surface area contributed by atoms with Crippen LogP contribution in [0.3, 0.4) is 0 Å². The molecule has 26 heavy (non-hydrogen) atoms. The van der Waals surface area contributed by atoms with Crippen LogP contribution < -0.4 is 0 Å². The minimum Gasteiger partial charge on any atom is -0.324 e. The summed E-state index contributed by atoms with van der Waals surface area (Å²) in [7, 11) is -6.05. The monoisotopic (exact) mass is 438 g/mol. The first-order valence-electron chi connectivity index (χ1n) is 9.02. The van der Waals surface area contributed by atoms with E-state index in [0.29, 0.717) is 18.7 Å². The number of rotatable bonds is 13. The molecule has 0 fully saturated rings. The largest absolute Gasteiger partial charge is 0.324 e. The predicted octanol–water partition coefficient (Wildman–Crippen LogP) is 4.35. The Morgan fingerprint density at radius 3 is 2.23 bits per heavy atom. The molecule has 1 aromatic rings. The lowest BCUT2D eigenvalue weighted by atomic mass is 10.2. The van der Waals surface area contributed by atoms with Crippen LogP contribution in [-0.4, -0.2) is 45.5 Å². The summed E-state index contributed by atoms with van der Waals surface area (Å²) in [6.07, 6.45) is 7.38. The molecule has 8 heteroatoms. The summed E-state index contributed by atoms with van der Waals surface area (Å²) < 4.78 is 42.7. The zero-order chi connectivity index (χ0) is 19.6. The van der Waals surface area contributed by atoms with Crippen LogP contribution in [0.1, 0.15) is 38.2 Å². The molecule has 0 aromatic heterocycles. The van der Waals surface area contributed by atoms with Gasteiger partial charge in [-0.2, -0.15) is 8.42 Å². The Labute approximate surface area is 166 Å². The van der Waals surface area contributed by atoms with E-state index < -0.39 is 17.3 Å². The molecule has 0 aliphatic rings. The third kappa shape index (κ3) is 9.23. The van der Waals surface area contributed by atoms with Crippen LogP contribution in [0.2, 0.25) is 0 Å². The molecule has 0 spiro atoms. The summed E-state index contributed by atoms with van der Waals surface area (Å²) in [5.74, 6) is 0.934. The molecule has 0 bridgehead atoms. The second-order valence-electron chi connectivity index (χ2n) is 6.66. The van der Waals surface area contributed by atoms with Crippen molar-refractivity contribution in [2.75, 3.05) is 37.1 Å². The molecule has 0 saturated carbocycles. The second kappa shape index (κ2) is 11.7. The van der Waals surface area contributed by atoms with E-state index in [0.717, 1.165) is 36.7 Å². The fraction of sp³-hybridized carbons (Fsp3) is 0.667. The van der Waals surface area contributed by atoms with Gasteiger partial charge in [-0.25, -0.2) is 0 Å². The number of unbranched alkanes of at least 4 members (excludes halogenated alkanes) is 1. The molecule has 0 heterocycles. The Morgan fingerprint density at radius 1 is 1.08 bits per heavy atom. The van der Waals surface area contributed by atoms with Crippen LogP contribution >= 0.6 is 7.14 Å². The lowest BCUT2D eigenvalue weighted by molar-refractivity contribution is 0.318. The first kappa shape index (κ1) is 24.0. The lowest BCUT2D eigenvalue weighted by Gasteiger charge is -2.18. The fourth-order valence-corrected chi connectivity index (χ4v) is 7.70. The molecule has 2 unspecified atom stereocenters. The van der Waals surface area contributed by atoms with Crippen LogP contribution in [0.4, 0.5) is 0 Å².